The first-order valence-corrected chi connectivity index (χ1v) is 7.27. The Kier molecular flexibility index (Phi) is 4.42. The number of rotatable bonds is 5. The Bertz CT molecular complexity index is 875. The molecule has 0 saturated carbocycles. The molecular weight excluding hydrogens is 294 g/mol. The Morgan fingerprint density at radius 3 is 2.87 bits per heavy atom. The van der Waals surface area contributed by atoms with E-state index in [1.54, 1.807) is 30.5 Å². The fourth-order valence-electron chi connectivity index (χ4n) is 2.23. The van der Waals surface area contributed by atoms with Crippen LogP contribution < -0.4 is 5.56 Å². The molecule has 0 N–H and O–H groups in total. The van der Waals surface area contributed by atoms with Crippen LogP contribution in [0.1, 0.15) is 16.8 Å². The Balaban J connectivity index is 1.58. The smallest absolute Gasteiger partial charge is 0.339 e. The third-order valence-electron chi connectivity index (χ3n) is 3.41. The predicted octanol–water partition coefficient (Wildman–Crippen LogP) is 2.04. The average molecular weight is 309 g/mol. The standard InChI is InChI=1S/C17H15N3O3/c21-16-14-6-1-2-7-15(14)19-12-20(16)9-4-10-23-17(22)13-5-3-8-18-11-13/h1-3,5-8,11-12H,4,9-10H2. The number of ether oxygens (including phenoxy) is 1. The van der Waals surface area contributed by atoms with Crippen molar-refractivity contribution in [1.29, 1.82) is 0 Å². The number of aryl methyl sites for hydroxylation is 1. The summed E-state index contributed by atoms with van der Waals surface area (Å²) in [4.78, 5) is 32.2. The zero-order valence-electron chi connectivity index (χ0n) is 12.4. The quantitative estimate of drug-likeness (QED) is 0.532. The van der Waals surface area contributed by atoms with Gasteiger partial charge in [-0.3, -0.25) is 14.3 Å². The molecule has 0 radical (unpaired) electrons. The molecule has 0 unspecified atom stereocenters. The number of pyridine rings is 1. The van der Waals surface area contributed by atoms with Gasteiger partial charge in [0, 0.05) is 18.9 Å². The molecule has 0 atom stereocenters. The topological polar surface area (TPSA) is 74.1 Å². The van der Waals surface area contributed by atoms with Gasteiger partial charge in [-0.05, 0) is 30.7 Å². The van der Waals surface area contributed by atoms with Crippen LogP contribution in [0.4, 0.5) is 0 Å². The zero-order chi connectivity index (χ0) is 16.1. The Labute approximate surface area is 132 Å². The number of hydrogen-bond donors (Lipinski definition) is 0. The van der Waals surface area contributed by atoms with Crippen LogP contribution in [0.3, 0.4) is 0 Å². The van der Waals surface area contributed by atoms with E-state index < -0.39 is 5.97 Å². The van der Waals surface area contributed by atoms with E-state index in [0.29, 0.717) is 29.4 Å². The Hall–Kier alpha value is -3.02. The van der Waals surface area contributed by atoms with Crippen molar-refractivity contribution in [3.05, 3.63) is 71.0 Å². The molecule has 0 aliphatic rings. The maximum Gasteiger partial charge on any atom is 0.339 e. The maximum absolute atomic E-state index is 12.3. The molecule has 1 aromatic carbocycles. The SMILES string of the molecule is O=C(OCCCn1cnc2ccccc2c1=O)c1cccnc1. The van der Waals surface area contributed by atoms with Crippen molar-refractivity contribution in [1.82, 2.24) is 14.5 Å². The zero-order valence-corrected chi connectivity index (χ0v) is 12.4. The molecule has 0 saturated heterocycles. The molecule has 0 amide bonds. The van der Waals surface area contributed by atoms with Gasteiger partial charge in [-0.2, -0.15) is 0 Å². The summed E-state index contributed by atoms with van der Waals surface area (Å²) in [5.74, 6) is -0.415. The van der Waals surface area contributed by atoms with E-state index in [1.165, 1.54) is 17.1 Å². The number of benzene rings is 1. The number of carbonyl (C=O) groups is 1. The van der Waals surface area contributed by atoms with E-state index in [4.69, 9.17) is 4.74 Å². The molecule has 0 aliphatic carbocycles. The number of esters is 1. The van der Waals surface area contributed by atoms with Crippen LogP contribution >= 0.6 is 0 Å². The van der Waals surface area contributed by atoms with Crippen molar-refractivity contribution < 1.29 is 9.53 Å². The highest BCUT2D eigenvalue weighted by Gasteiger charge is 2.07. The van der Waals surface area contributed by atoms with Crippen LogP contribution in [0.15, 0.2) is 59.9 Å². The summed E-state index contributed by atoms with van der Waals surface area (Å²) in [6, 6.07) is 10.5. The van der Waals surface area contributed by atoms with Crippen molar-refractivity contribution in [3.63, 3.8) is 0 Å². The number of nitrogens with zero attached hydrogens (tertiary/aromatic N) is 3. The minimum atomic E-state index is -0.415. The minimum Gasteiger partial charge on any atom is -0.462 e. The highest BCUT2D eigenvalue weighted by atomic mass is 16.5. The normalized spacial score (nSPS) is 10.6. The number of fused-ring (bicyclic) bond motifs is 1. The van der Waals surface area contributed by atoms with Crippen LogP contribution in [0, 0.1) is 0 Å². The molecule has 0 spiro atoms. The molecule has 23 heavy (non-hydrogen) atoms. The first-order valence-electron chi connectivity index (χ1n) is 7.27. The number of para-hydroxylation sites is 1. The highest BCUT2D eigenvalue weighted by Crippen LogP contribution is 2.05. The second kappa shape index (κ2) is 6.83. The summed E-state index contributed by atoms with van der Waals surface area (Å²) in [6.45, 7) is 0.671. The second-order valence-electron chi connectivity index (χ2n) is 4.99. The first-order chi connectivity index (χ1) is 11.3. The number of hydrogen-bond acceptors (Lipinski definition) is 5. The van der Waals surface area contributed by atoms with Gasteiger partial charge in [0.25, 0.3) is 5.56 Å². The summed E-state index contributed by atoms with van der Waals surface area (Å²) in [5, 5.41) is 0.586. The molecule has 2 aromatic heterocycles. The molecule has 6 heteroatoms. The van der Waals surface area contributed by atoms with Gasteiger partial charge in [-0.25, -0.2) is 9.78 Å². The molecule has 116 valence electrons. The molecule has 3 rings (SSSR count). The van der Waals surface area contributed by atoms with Crippen molar-refractivity contribution >= 4 is 16.9 Å². The largest absolute Gasteiger partial charge is 0.462 e. The molecule has 0 aliphatic heterocycles. The average Bonchev–Trinajstić information content (AvgIpc) is 2.61. The lowest BCUT2D eigenvalue weighted by Gasteiger charge is -2.07. The van der Waals surface area contributed by atoms with Crippen LogP contribution in [-0.2, 0) is 11.3 Å². The van der Waals surface area contributed by atoms with E-state index in [9.17, 15) is 9.59 Å². The summed E-state index contributed by atoms with van der Waals surface area (Å²) in [5.41, 5.74) is 1.00. The lowest BCUT2D eigenvalue weighted by atomic mass is 10.2. The molecular formula is C17H15N3O3. The number of carbonyl (C=O) groups excluding carboxylic acids is 1. The lowest BCUT2D eigenvalue weighted by molar-refractivity contribution is 0.0495. The summed E-state index contributed by atoms with van der Waals surface area (Å²) in [7, 11) is 0. The summed E-state index contributed by atoms with van der Waals surface area (Å²) in [6.07, 6.45) is 5.11. The molecule has 0 bridgehead atoms. The summed E-state index contributed by atoms with van der Waals surface area (Å²) < 4.78 is 6.69. The number of aromatic nitrogens is 3. The Morgan fingerprint density at radius 2 is 2.04 bits per heavy atom. The van der Waals surface area contributed by atoms with Crippen molar-refractivity contribution in [2.24, 2.45) is 0 Å². The van der Waals surface area contributed by atoms with Crippen molar-refractivity contribution in [2.45, 2.75) is 13.0 Å². The highest BCUT2D eigenvalue weighted by molar-refractivity contribution is 5.88. The van der Waals surface area contributed by atoms with Gasteiger partial charge in [0.15, 0.2) is 0 Å². The molecule has 6 nitrogen and oxygen atoms in total. The predicted molar refractivity (Wildman–Crippen MR) is 85.1 cm³/mol. The molecule has 2 heterocycles. The van der Waals surface area contributed by atoms with Gasteiger partial charge in [0.05, 0.1) is 29.4 Å². The van der Waals surface area contributed by atoms with Gasteiger partial charge in [-0.1, -0.05) is 12.1 Å². The van der Waals surface area contributed by atoms with E-state index in [0.717, 1.165) is 0 Å². The van der Waals surface area contributed by atoms with Crippen LogP contribution in [0.2, 0.25) is 0 Å². The first kappa shape index (κ1) is 14.9. The third kappa shape index (κ3) is 3.42. The summed E-state index contributed by atoms with van der Waals surface area (Å²) >= 11 is 0. The monoisotopic (exact) mass is 309 g/mol. The maximum atomic E-state index is 12.3. The molecule has 3 aromatic rings. The van der Waals surface area contributed by atoms with Crippen LogP contribution in [0.25, 0.3) is 10.9 Å². The van der Waals surface area contributed by atoms with Crippen molar-refractivity contribution in [3.8, 4) is 0 Å². The van der Waals surface area contributed by atoms with E-state index in [2.05, 4.69) is 9.97 Å². The third-order valence-corrected chi connectivity index (χ3v) is 3.41. The van der Waals surface area contributed by atoms with Crippen LogP contribution in [-0.4, -0.2) is 27.1 Å². The van der Waals surface area contributed by atoms with Gasteiger partial charge in [0.1, 0.15) is 0 Å². The van der Waals surface area contributed by atoms with E-state index >= 15 is 0 Å². The van der Waals surface area contributed by atoms with Gasteiger partial charge < -0.3 is 4.74 Å². The van der Waals surface area contributed by atoms with E-state index in [1.807, 2.05) is 12.1 Å². The van der Waals surface area contributed by atoms with Gasteiger partial charge in [0.2, 0.25) is 0 Å². The van der Waals surface area contributed by atoms with Gasteiger partial charge >= 0.3 is 5.97 Å². The van der Waals surface area contributed by atoms with Crippen LogP contribution in [0.5, 0.6) is 0 Å². The lowest BCUT2D eigenvalue weighted by Crippen LogP contribution is -2.21. The van der Waals surface area contributed by atoms with Gasteiger partial charge in [-0.15, -0.1) is 0 Å². The van der Waals surface area contributed by atoms with E-state index in [-0.39, 0.29) is 12.2 Å². The Morgan fingerprint density at radius 1 is 1.17 bits per heavy atom. The fourth-order valence-corrected chi connectivity index (χ4v) is 2.23. The van der Waals surface area contributed by atoms with Crippen molar-refractivity contribution in [2.75, 3.05) is 6.61 Å². The molecule has 0 fully saturated rings. The minimum absolute atomic E-state index is 0.0887. The fraction of sp³-hybridized carbons (Fsp3) is 0.176. The second-order valence-corrected chi connectivity index (χ2v) is 4.99.